The number of nitrogens with zero attached hydrogens (tertiary/aromatic N) is 1. The van der Waals surface area contributed by atoms with Crippen molar-refractivity contribution in [1.82, 2.24) is 9.88 Å². The lowest BCUT2D eigenvalue weighted by molar-refractivity contribution is -0.115. The highest BCUT2D eigenvalue weighted by molar-refractivity contribution is 7.89. The van der Waals surface area contributed by atoms with Crippen LogP contribution >= 0.6 is 0 Å². The molecule has 0 saturated carbocycles. The topological polar surface area (TPSA) is 101 Å². The average molecular weight is 337 g/mol. The number of aryl methyl sites for hydroxylation is 3. The molecule has 0 radical (unpaired) electrons. The molecule has 0 bridgehead atoms. The molecule has 0 aliphatic rings. The minimum Gasteiger partial charge on any atom is -0.360 e. The lowest BCUT2D eigenvalue weighted by Crippen LogP contribution is -2.33. The molecule has 0 fully saturated rings. The van der Waals surface area contributed by atoms with Gasteiger partial charge in [0.05, 0.1) is 6.54 Å². The standard InChI is InChI=1S/C15H19N3O4S/c1-4-12-6-5-7-13(8-12)17-14(19)9-16-23(20,21)15-10(2)18-22-11(15)3/h5-8,16H,4,9H2,1-3H3,(H,17,19). The Morgan fingerprint density at radius 1 is 1.30 bits per heavy atom. The second kappa shape index (κ2) is 6.93. The van der Waals surface area contributed by atoms with Gasteiger partial charge >= 0.3 is 0 Å². The number of sulfonamides is 1. The van der Waals surface area contributed by atoms with Crippen molar-refractivity contribution in [3.63, 3.8) is 0 Å². The quantitative estimate of drug-likeness (QED) is 0.836. The largest absolute Gasteiger partial charge is 0.360 e. The Bertz CT molecular complexity index is 792. The molecule has 0 aliphatic carbocycles. The predicted octanol–water partition coefficient (Wildman–Crippen LogP) is 1.77. The van der Waals surface area contributed by atoms with Gasteiger partial charge in [-0.15, -0.1) is 0 Å². The molecule has 124 valence electrons. The lowest BCUT2D eigenvalue weighted by Gasteiger charge is -2.08. The third-order valence-corrected chi connectivity index (χ3v) is 4.92. The van der Waals surface area contributed by atoms with Crippen molar-refractivity contribution in [2.45, 2.75) is 32.1 Å². The SMILES string of the molecule is CCc1cccc(NC(=O)CNS(=O)(=O)c2c(C)noc2C)c1. The fraction of sp³-hybridized carbons (Fsp3) is 0.333. The summed E-state index contributed by atoms with van der Waals surface area (Å²) < 4.78 is 31.5. The first-order chi connectivity index (χ1) is 10.8. The molecule has 2 N–H and O–H groups in total. The summed E-state index contributed by atoms with van der Waals surface area (Å²) in [4.78, 5) is 11.9. The van der Waals surface area contributed by atoms with Crippen molar-refractivity contribution >= 4 is 21.6 Å². The zero-order valence-corrected chi connectivity index (χ0v) is 14.0. The molecule has 1 heterocycles. The average Bonchev–Trinajstić information content (AvgIpc) is 2.85. The van der Waals surface area contributed by atoms with Gasteiger partial charge in [-0.05, 0) is 38.0 Å². The van der Waals surface area contributed by atoms with Crippen LogP contribution in [0, 0.1) is 13.8 Å². The van der Waals surface area contributed by atoms with E-state index in [4.69, 9.17) is 4.52 Å². The zero-order chi connectivity index (χ0) is 17.0. The van der Waals surface area contributed by atoms with E-state index >= 15 is 0 Å². The van der Waals surface area contributed by atoms with E-state index in [2.05, 4.69) is 15.2 Å². The number of nitrogens with one attached hydrogen (secondary N) is 2. The number of hydrogen-bond acceptors (Lipinski definition) is 5. The first kappa shape index (κ1) is 17.2. The van der Waals surface area contributed by atoms with Crippen LogP contribution < -0.4 is 10.0 Å². The highest BCUT2D eigenvalue weighted by Crippen LogP contribution is 2.18. The number of amides is 1. The van der Waals surface area contributed by atoms with Gasteiger partial charge < -0.3 is 9.84 Å². The van der Waals surface area contributed by atoms with Crippen molar-refractivity contribution < 1.29 is 17.7 Å². The van der Waals surface area contributed by atoms with Crippen LogP contribution in [-0.4, -0.2) is 26.0 Å². The van der Waals surface area contributed by atoms with Gasteiger partial charge in [-0.3, -0.25) is 4.79 Å². The summed E-state index contributed by atoms with van der Waals surface area (Å²) in [5.41, 5.74) is 1.97. The minimum atomic E-state index is -3.85. The van der Waals surface area contributed by atoms with E-state index in [0.29, 0.717) is 5.69 Å². The normalized spacial score (nSPS) is 11.4. The van der Waals surface area contributed by atoms with Crippen molar-refractivity contribution in [3.8, 4) is 0 Å². The summed E-state index contributed by atoms with van der Waals surface area (Å²) in [6.07, 6.45) is 0.850. The highest BCUT2D eigenvalue weighted by Gasteiger charge is 2.24. The minimum absolute atomic E-state index is 0.0294. The van der Waals surface area contributed by atoms with Gasteiger partial charge in [0.25, 0.3) is 0 Å². The molecule has 1 aromatic heterocycles. The Balaban J connectivity index is 2.01. The Morgan fingerprint density at radius 2 is 2.04 bits per heavy atom. The highest BCUT2D eigenvalue weighted by atomic mass is 32.2. The van der Waals surface area contributed by atoms with Gasteiger partial charge in [-0.25, -0.2) is 13.1 Å². The molecule has 0 saturated heterocycles. The van der Waals surface area contributed by atoms with E-state index in [-0.39, 0.29) is 22.9 Å². The summed E-state index contributed by atoms with van der Waals surface area (Å²) in [5.74, 6) is -0.264. The van der Waals surface area contributed by atoms with Gasteiger partial charge in [0, 0.05) is 5.69 Å². The molecule has 0 aliphatic heterocycles. The van der Waals surface area contributed by atoms with E-state index < -0.39 is 15.9 Å². The monoisotopic (exact) mass is 337 g/mol. The van der Waals surface area contributed by atoms with Crippen LogP contribution in [0.15, 0.2) is 33.7 Å². The number of benzene rings is 1. The molecule has 23 heavy (non-hydrogen) atoms. The number of anilines is 1. The molecule has 1 amide bonds. The van der Waals surface area contributed by atoms with Crippen LogP contribution in [0.5, 0.6) is 0 Å². The van der Waals surface area contributed by atoms with Gasteiger partial charge in [-0.1, -0.05) is 24.2 Å². The fourth-order valence-corrected chi connectivity index (χ4v) is 3.47. The van der Waals surface area contributed by atoms with Gasteiger partial charge in [0.15, 0.2) is 5.76 Å². The Hall–Kier alpha value is -2.19. The number of carbonyl (C=O) groups is 1. The lowest BCUT2D eigenvalue weighted by atomic mass is 10.1. The number of carbonyl (C=O) groups excluding carboxylic acids is 1. The molecule has 2 aromatic rings. The smallest absolute Gasteiger partial charge is 0.246 e. The van der Waals surface area contributed by atoms with Crippen LogP contribution in [-0.2, 0) is 21.2 Å². The number of hydrogen-bond donors (Lipinski definition) is 2. The van der Waals surface area contributed by atoms with E-state index in [1.165, 1.54) is 13.8 Å². The van der Waals surface area contributed by atoms with Crippen molar-refractivity contribution in [2.75, 3.05) is 11.9 Å². The van der Waals surface area contributed by atoms with Crippen LogP contribution in [0.4, 0.5) is 5.69 Å². The first-order valence-electron chi connectivity index (χ1n) is 7.15. The molecule has 0 atom stereocenters. The fourth-order valence-electron chi connectivity index (χ4n) is 2.17. The van der Waals surface area contributed by atoms with E-state index in [0.717, 1.165) is 12.0 Å². The number of rotatable bonds is 6. The summed E-state index contributed by atoms with van der Waals surface area (Å²) >= 11 is 0. The summed E-state index contributed by atoms with van der Waals surface area (Å²) in [6.45, 7) is 4.67. The van der Waals surface area contributed by atoms with Crippen LogP contribution in [0.2, 0.25) is 0 Å². The maximum atomic E-state index is 12.2. The molecule has 0 spiro atoms. The van der Waals surface area contributed by atoms with Crippen LogP contribution in [0.25, 0.3) is 0 Å². The summed E-state index contributed by atoms with van der Waals surface area (Å²) in [5, 5.41) is 6.26. The Labute approximate surface area is 135 Å². The molecular formula is C15H19N3O4S. The van der Waals surface area contributed by atoms with Crippen molar-refractivity contribution in [2.24, 2.45) is 0 Å². The van der Waals surface area contributed by atoms with Gasteiger partial charge in [0.2, 0.25) is 15.9 Å². The van der Waals surface area contributed by atoms with Crippen LogP contribution in [0.1, 0.15) is 23.9 Å². The maximum Gasteiger partial charge on any atom is 0.246 e. The van der Waals surface area contributed by atoms with Crippen LogP contribution in [0.3, 0.4) is 0 Å². The van der Waals surface area contributed by atoms with Gasteiger partial charge in [0.1, 0.15) is 10.6 Å². The molecule has 7 nitrogen and oxygen atoms in total. The molecule has 0 unspecified atom stereocenters. The van der Waals surface area contributed by atoms with E-state index in [1.807, 2.05) is 25.1 Å². The second-order valence-electron chi connectivity index (χ2n) is 5.08. The Kier molecular flexibility index (Phi) is 5.17. The zero-order valence-electron chi connectivity index (χ0n) is 13.2. The molecular weight excluding hydrogens is 318 g/mol. The molecule has 1 aromatic carbocycles. The van der Waals surface area contributed by atoms with E-state index in [9.17, 15) is 13.2 Å². The Morgan fingerprint density at radius 3 is 2.65 bits per heavy atom. The summed E-state index contributed by atoms with van der Waals surface area (Å²) in [6, 6.07) is 7.39. The molecule has 2 rings (SSSR count). The second-order valence-corrected chi connectivity index (χ2v) is 6.78. The summed E-state index contributed by atoms with van der Waals surface area (Å²) in [7, 11) is -3.85. The first-order valence-corrected chi connectivity index (χ1v) is 8.63. The third kappa shape index (κ3) is 4.17. The van der Waals surface area contributed by atoms with Crippen molar-refractivity contribution in [3.05, 3.63) is 41.3 Å². The maximum absolute atomic E-state index is 12.2. The predicted molar refractivity (Wildman–Crippen MR) is 85.6 cm³/mol. The van der Waals surface area contributed by atoms with E-state index in [1.54, 1.807) is 6.07 Å². The molecule has 8 heteroatoms. The number of aromatic nitrogens is 1. The van der Waals surface area contributed by atoms with Gasteiger partial charge in [-0.2, -0.15) is 0 Å². The third-order valence-electron chi connectivity index (χ3n) is 3.28. The van der Waals surface area contributed by atoms with Crippen molar-refractivity contribution in [1.29, 1.82) is 0 Å².